The Kier molecular flexibility index (Phi) is 4.08. The van der Waals surface area contributed by atoms with Crippen LogP contribution >= 0.6 is 11.3 Å². The zero-order valence-electron chi connectivity index (χ0n) is 14.8. The Morgan fingerprint density at radius 2 is 2.00 bits per heavy atom. The van der Waals surface area contributed by atoms with E-state index in [2.05, 4.69) is 9.97 Å². The number of anilines is 1. The minimum atomic E-state index is -3.46. The normalized spacial score (nSPS) is 17.5. The zero-order chi connectivity index (χ0) is 19.3. The molecule has 6 nitrogen and oxygen atoms in total. The number of hydrogen-bond acceptors (Lipinski definition) is 7. The number of fused-ring (bicyclic) bond motifs is 2. The summed E-state index contributed by atoms with van der Waals surface area (Å²) in [5.41, 5.74) is 12.0. The molecule has 28 heavy (non-hydrogen) atoms. The predicted octanol–water partition coefficient (Wildman–Crippen LogP) is 3.66. The molecule has 5 rings (SSSR count). The highest BCUT2D eigenvalue weighted by molar-refractivity contribution is 7.92. The SMILES string of the molecule is Nc1c(-c2ccc3scnc3c2)cnc2ccc(S(=O)(=O)C3CCOC3)cc12. The van der Waals surface area contributed by atoms with Gasteiger partial charge in [0.25, 0.3) is 0 Å². The Morgan fingerprint density at radius 1 is 1.11 bits per heavy atom. The molecule has 1 atom stereocenters. The summed E-state index contributed by atoms with van der Waals surface area (Å²) >= 11 is 1.58. The van der Waals surface area contributed by atoms with Gasteiger partial charge in [0.05, 0.1) is 43.7 Å². The third-order valence-electron chi connectivity index (χ3n) is 5.18. The number of aromatic nitrogens is 2. The van der Waals surface area contributed by atoms with Crippen molar-refractivity contribution >= 4 is 48.0 Å². The van der Waals surface area contributed by atoms with E-state index < -0.39 is 15.1 Å². The minimum Gasteiger partial charge on any atom is -0.398 e. The van der Waals surface area contributed by atoms with E-state index >= 15 is 0 Å². The molecule has 1 fully saturated rings. The van der Waals surface area contributed by atoms with E-state index in [-0.39, 0.29) is 11.5 Å². The first-order valence-electron chi connectivity index (χ1n) is 8.87. The van der Waals surface area contributed by atoms with Gasteiger partial charge in [-0.05, 0) is 42.3 Å². The van der Waals surface area contributed by atoms with Crippen molar-refractivity contribution in [1.82, 2.24) is 9.97 Å². The van der Waals surface area contributed by atoms with Crippen LogP contribution in [0.4, 0.5) is 5.69 Å². The van der Waals surface area contributed by atoms with Crippen molar-refractivity contribution in [2.45, 2.75) is 16.6 Å². The molecule has 1 aliphatic rings. The zero-order valence-corrected chi connectivity index (χ0v) is 16.5. The number of pyridine rings is 1. The number of benzene rings is 2. The number of rotatable bonds is 3. The van der Waals surface area contributed by atoms with Gasteiger partial charge in [-0.3, -0.25) is 4.98 Å². The van der Waals surface area contributed by atoms with Crippen molar-refractivity contribution in [1.29, 1.82) is 0 Å². The minimum absolute atomic E-state index is 0.238. The van der Waals surface area contributed by atoms with Crippen LogP contribution in [0.25, 0.3) is 32.2 Å². The highest BCUT2D eigenvalue weighted by Crippen LogP contribution is 2.35. The first-order chi connectivity index (χ1) is 13.5. The molecule has 142 valence electrons. The van der Waals surface area contributed by atoms with E-state index in [9.17, 15) is 8.42 Å². The molecule has 8 heteroatoms. The van der Waals surface area contributed by atoms with Crippen molar-refractivity contribution < 1.29 is 13.2 Å². The third kappa shape index (κ3) is 2.76. The van der Waals surface area contributed by atoms with Gasteiger partial charge in [-0.25, -0.2) is 13.4 Å². The molecule has 0 radical (unpaired) electrons. The van der Waals surface area contributed by atoms with Crippen molar-refractivity contribution in [2.75, 3.05) is 18.9 Å². The van der Waals surface area contributed by atoms with E-state index in [1.54, 1.807) is 41.2 Å². The molecule has 2 aromatic carbocycles. The van der Waals surface area contributed by atoms with E-state index in [4.69, 9.17) is 10.5 Å². The molecule has 0 amide bonds. The number of ether oxygens (including phenoxy) is 1. The lowest BCUT2D eigenvalue weighted by molar-refractivity contribution is 0.198. The van der Waals surface area contributed by atoms with Crippen LogP contribution in [0.2, 0.25) is 0 Å². The van der Waals surface area contributed by atoms with Crippen LogP contribution in [0, 0.1) is 0 Å². The van der Waals surface area contributed by atoms with Gasteiger partial charge in [0.2, 0.25) is 0 Å². The van der Waals surface area contributed by atoms with E-state index in [0.29, 0.717) is 29.6 Å². The molecular formula is C20H17N3O3S2. The summed E-state index contributed by atoms with van der Waals surface area (Å²) in [4.78, 5) is 9.10. The average Bonchev–Trinajstić information content (AvgIpc) is 3.39. The highest BCUT2D eigenvalue weighted by atomic mass is 32.2. The largest absolute Gasteiger partial charge is 0.398 e. The summed E-state index contributed by atoms with van der Waals surface area (Å²) in [5.74, 6) is 0. The number of nitrogens with two attached hydrogens (primary N) is 1. The van der Waals surface area contributed by atoms with Crippen molar-refractivity contribution in [2.24, 2.45) is 0 Å². The molecule has 0 bridgehead atoms. The fourth-order valence-electron chi connectivity index (χ4n) is 3.57. The Balaban J connectivity index is 1.65. The third-order valence-corrected chi connectivity index (χ3v) is 8.15. The van der Waals surface area contributed by atoms with E-state index in [1.165, 1.54) is 0 Å². The van der Waals surface area contributed by atoms with Crippen LogP contribution in [0.1, 0.15) is 6.42 Å². The molecule has 2 N–H and O–H groups in total. The molecule has 4 aromatic rings. The quantitative estimate of drug-likeness (QED) is 0.553. The van der Waals surface area contributed by atoms with Crippen molar-refractivity contribution in [3.05, 3.63) is 48.1 Å². The van der Waals surface area contributed by atoms with E-state index in [0.717, 1.165) is 21.3 Å². The monoisotopic (exact) mass is 411 g/mol. The molecule has 1 saturated heterocycles. The van der Waals surface area contributed by atoms with Gasteiger partial charge in [-0.15, -0.1) is 11.3 Å². The van der Waals surface area contributed by atoms with Gasteiger partial charge in [-0.2, -0.15) is 0 Å². The first kappa shape index (κ1) is 17.5. The Bertz CT molecular complexity index is 1310. The maximum absolute atomic E-state index is 12.9. The van der Waals surface area contributed by atoms with Gasteiger partial charge in [0.15, 0.2) is 9.84 Å². The van der Waals surface area contributed by atoms with Crippen LogP contribution in [-0.2, 0) is 14.6 Å². The topological polar surface area (TPSA) is 95.2 Å². The molecule has 1 unspecified atom stereocenters. The Hall–Kier alpha value is -2.55. The molecule has 0 aliphatic carbocycles. The van der Waals surface area contributed by atoms with Crippen molar-refractivity contribution in [3.63, 3.8) is 0 Å². The Labute approximate surface area is 165 Å². The van der Waals surface area contributed by atoms with Crippen LogP contribution in [-0.4, -0.2) is 36.8 Å². The van der Waals surface area contributed by atoms with Crippen molar-refractivity contribution in [3.8, 4) is 11.1 Å². The fourth-order valence-corrected chi connectivity index (χ4v) is 5.84. The van der Waals surface area contributed by atoms with Crippen LogP contribution in [0.15, 0.2) is 53.0 Å². The van der Waals surface area contributed by atoms with Gasteiger partial charge < -0.3 is 10.5 Å². The molecular weight excluding hydrogens is 394 g/mol. The summed E-state index contributed by atoms with van der Waals surface area (Å²) in [6.07, 6.45) is 2.24. The first-order valence-corrected chi connectivity index (χ1v) is 11.3. The maximum Gasteiger partial charge on any atom is 0.183 e. The molecule has 0 saturated carbocycles. The summed E-state index contributed by atoms with van der Waals surface area (Å²) in [6.45, 7) is 0.714. The number of nitrogens with zero attached hydrogens (tertiary/aromatic N) is 2. The molecule has 1 aliphatic heterocycles. The molecule has 0 spiro atoms. The maximum atomic E-state index is 12.9. The average molecular weight is 412 g/mol. The number of thiazole rings is 1. The second-order valence-electron chi connectivity index (χ2n) is 6.83. The lowest BCUT2D eigenvalue weighted by atomic mass is 10.0. The summed E-state index contributed by atoms with van der Waals surface area (Å²) in [5, 5.41) is 0.130. The second kappa shape index (κ2) is 6.51. The number of sulfone groups is 1. The number of hydrogen-bond donors (Lipinski definition) is 1. The van der Waals surface area contributed by atoms with Crippen LogP contribution in [0.3, 0.4) is 0 Å². The van der Waals surface area contributed by atoms with Gasteiger partial charge in [0, 0.05) is 23.8 Å². The summed E-state index contributed by atoms with van der Waals surface area (Å²) in [7, 11) is -3.46. The van der Waals surface area contributed by atoms with Crippen LogP contribution in [0.5, 0.6) is 0 Å². The van der Waals surface area contributed by atoms with Gasteiger partial charge in [0.1, 0.15) is 0 Å². The fraction of sp³-hybridized carbons (Fsp3) is 0.200. The summed E-state index contributed by atoms with van der Waals surface area (Å²) in [6, 6.07) is 10.9. The smallest absolute Gasteiger partial charge is 0.183 e. The lowest BCUT2D eigenvalue weighted by Gasteiger charge is -2.13. The predicted molar refractivity (Wildman–Crippen MR) is 111 cm³/mol. The highest BCUT2D eigenvalue weighted by Gasteiger charge is 2.31. The standard InChI is InChI=1S/C20H17N3O3S2/c21-20-15-8-13(28(24,25)14-5-6-26-10-14)2-3-17(15)22-9-16(20)12-1-4-19-18(7-12)23-11-27-19/h1-4,7-9,11,14H,5-6,10H2,(H2,21,22). The van der Waals surface area contributed by atoms with Gasteiger partial charge in [-0.1, -0.05) is 6.07 Å². The van der Waals surface area contributed by atoms with Crippen LogP contribution < -0.4 is 5.73 Å². The molecule has 3 heterocycles. The molecule has 2 aromatic heterocycles. The lowest BCUT2D eigenvalue weighted by Crippen LogP contribution is -2.21. The Morgan fingerprint density at radius 3 is 2.82 bits per heavy atom. The van der Waals surface area contributed by atoms with E-state index in [1.807, 2.05) is 18.2 Å². The number of nitrogen functional groups attached to an aromatic ring is 1. The second-order valence-corrected chi connectivity index (χ2v) is 9.94. The summed E-state index contributed by atoms with van der Waals surface area (Å²) < 4.78 is 32.2. The van der Waals surface area contributed by atoms with Gasteiger partial charge >= 0.3 is 0 Å².